The molecule has 0 spiro atoms. The van der Waals surface area contributed by atoms with Crippen molar-refractivity contribution in [1.82, 2.24) is 20.1 Å². The van der Waals surface area contributed by atoms with Crippen LogP contribution in [0.5, 0.6) is 0 Å². The lowest BCUT2D eigenvalue weighted by Gasteiger charge is -2.09. The first-order valence-corrected chi connectivity index (χ1v) is 9.41. The van der Waals surface area contributed by atoms with Crippen molar-refractivity contribution in [2.24, 2.45) is 0 Å². The Bertz CT molecular complexity index is 827. The largest absolute Gasteiger partial charge is 0.350 e. The molecule has 124 valence electrons. The molecule has 0 fully saturated rings. The van der Waals surface area contributed by atoms with Gasteiger partial charge in [-0.2, -0.15) is 0 Å². The van der Waals surface area contributed by atoms with E-state index in [9.17, 15) is 4.79 Å². The van der Waals surface area contributed by atoms with E-state index in [2.05, 4.69) is 21.6 Å². The molecule has 0 bridgehead atoms. The quantitative estimate of drug-likeness (QED) is 0.687. The fourth-order valence-electron chi connectivity index (χ4n) is 2.28. The Morgan fingerprint density at radius 2 is 2.12 bits per heavy atom. The zero-order chi connectivity index (χ0) is 16.9. The summed E-state index contributed by atoms with van der Waals surface area (Å²) < 4.78 is 1.98. The van der Waals surface area contributed by atoms with Crippen LogP contribution in [0, 0.1) is 13.8 Å². The summed E-state index contributed by atoms with van der Waals surface area (Å²) in [6.45, 7) is 4.53. The van der Waals surface area contributed by atoms with E-state index in [1.54, 1.807) is 11.3 Å². The number of rotatable bonds is 6. The number of thioether (sulfide) groups is 1. The highest BCUT2D eigenvalue weighted by Gasteiger charge is 2.13. The number of hydrogen-bond acceptors (Lipinski definition) is 5. The van der Waals surface area contributed by atoms with Gasteiger partial charge in [0.05, 0.1) is 12.3 Å². The lowest BCUT2D eigenvalue weighted by atomic mass is 10.2. The van der Waals surface area contributed by atoms with E-state index in [1.807, 2.05) is 54.1 Å². The summed E-state index contributed by atoms with van der Waals surface area (Å²) in [5, 5.41) is 14.0. The molecule has 5 nitrogen and oxygen atoms in total. The van der Waals surface area contributed by atoms with Gasteiger partial charge in [-0.15, -0.1) is 21.5 Å². The SMILES string of the molecule is Cc1cccc(-n2c(C)nnc2SCC(=O)NCc2cccs2)c1. The van der Waals surface area contributed by atoms with E-state index in [-0.39, 0.29) is 5.91 Å². The molecule has 0 aliphatic heterocycles. The molecule has 2 heterocycles. The summed E-state index contributed by atoms with van der Waals surface area (Å²) in [5.74, 6) is 1.11. The minimum Gasteiger partial charge on any atom is -0.350 e. The normalized spacial score (nSPS) is 10.8. The maximum atomic E-state index is 12.0. The molecular weight excluding hydrogens is 340 g/mol. The molecule has 0 radical (unpaired) electrons. The van der Waals surface area contributed by atoms with E-state index >= 15 is 0 Å². The molecular formula is C17H18N4OS2. The maximum absolute atomic E-state index is 12.0. The number of aryl methyl sites for hydroxylation is 2. The van der Waals surface area contributed by atoms with Crippen LogP contribution in [0.25, 0.3) is 5.69 Å². The third-order valence-electron chi connectivity index (χ3n) is 3.43. The molecule has 1 aromatic carbocycles. The summed E-state index contributed by atoms with van der Waals surface area (Å²) in [6.07, 6.45) is 0. The van der Waals surface area contributed by atoms with Crippen molar-refractivity contribution in [2.45, 2.75) is 25.5 Å². The van der Waals surface area contributed by atoms with Gasteiger partial charge in [0.2, 0.25) is 5.91 Å². The Morgan fingerprint density at radius 1 is 1.25 bits per heavy atom. The van der Waals surface area contributed by atoms with Crippen molar-refractivity contribution in [1.29, 1.82) is 0 Å². The number of hydrogen-bond donors (Lipinski definition) is 1. The third-order valence-corrected chi connectivity index (χ3v) is 5.23. The smallest absolute Gasteiger partial charge is 0.230 e. The molecule has 1 amide bonds. The minimum absolute atomic E-state index is 0.00940. The highest BCUT2D eigenvalue weighted by Crippen LogP contribution is 2.22. The molecule has 3 aromatic rings. The van der Waals surface area contributed by atoms with Gasteiger partial charge < -0.3 is 5.32 Å². The molecule has 3 rings (SSSR count). The first-order valence-electron chi connectivity index (χ1n) is 7.54. The molecule has 1 N–H and O–H groups in total. The fourth-order valence-corrected chi connectivity index (χ4v) is 3.75. The first kappa shape index (κ1) is 16.7. The van der Waals surface area contributed by atoms with Gasteiger partial charge in [-0.3, -0.25) is 9.36 Å². The van der Waals surface area contributed by atoms with Crippen LogP contribution in [-0.4, -0.2) is 26.4 Å². The van der Waals surface area contributed by atoms with Crippen LogP contribution in [0.1, 0.15) is 16.3 Å². The average molecular weight is 358 g/mol. The van der Waals surface area contributed by atoms with Crippen LogP contribution in [0.3, 0.4) is 0 Å². The molecule has 2 aromatic heterocycles. The molecule has 0 aliphatic rings. The zero-order valence-corrected chi connectivity index (χ0v) is 15.2. The van der Waals surface area contributed by atoms with Gasteiger partial charge in [-0.25, -0.2) is 0 Å². The summed E-state index contributed by atoms with van der Waals surface area (Å²) in [4.78, 5) is 13.2. The molecule has 0 atom stereocenters. The maximum Gasteiger partial charge on any atom is 0.230 e. The summed E-state index contributed by atoms with van der Waals surface area (Å²) in [6, 6.07) is 12.1. The van der Waals surface area contributed by atoms with Crippen LogP contribution >= 0.6 is 23.1 Å². The number of nitrogens with one attached hydrogen (secondary N) is 1. The second kappa shape index (κ2) is 7.63. The molecule has 24 heavy (non-hydrogen) atoms. The van der Waals surface area contributed by atoms with Gasteiger partial charge in [0.15, 0.2) is 5.16 Å². The Morgan fingerprint density at radius 3 is 2.88 bits per heavy atom. The second-order valence-electron chi connectivity index (χ2n) is 5.35. The van der Waals surface area contributed by atoms with Gasteiger partial charge in [0, 0.05) is 10.6 Å². The molecule has 0 saturated carbocycles. The van der Waals surface area contributed by atoms with Crippen LogP contribution in [-0.2, 0) is 11.3 Å². The molecule has 7 heteroatoms. The Hall–Kier alpha value is -2.12. The van der Waals surface area contributed by atoms with Crippen LogP contribution in [0.15, 0.2) is 46.9 Å². The fraction of sp³-hybridized carbons (Fsp3) is 0.235. The molecule has 0 aliphatic carbocycles. The van der Waals surface area contributed by atoms with Crippen LogP contribution in [0.4, 0.5) is 0 Å². The standard InChI is InChI=1S/C17H18N4OS2/c1-12-5-3-6-14(9-12)21-13(2)19-20-17(21)24-11-16(22)18-10-15-7-4-8-23-15/h3-9H,10-11H2,1-2H3,(H,18,22). The van der Waals surface area contributed by atoms with Crippen LogP contribution in [0.2, 0.25) is 0 Å². The van der Waals surface area contributed by atoms with Gasteiger partial charge in [0.25, 0.3) is 0 Å². The van der Waals surface area contributed by atoms with Crippen molar-refractivity contribution in [3.63, 3.8) is 0 Å². The Kier molecular flexibility index (Phi) is 5.32. The monoisotopic (exact) mass is 358 g/mol. The lowest BCUT2D eigenvalue weighted by molar-refractivity contribution is -0.118. The number of nitrogens with zero attached hydrogens (tertiary/aromatic N) is 3. The number of benzene rings is 1. The van der Waals surface area contributed by atoms with Gasteiger partial charge in [-0.1, -0.05) is 30.0 Å². The van der Waals surface area contributed by atoms with Crippen molar-refractivity contribution in [3.8, 4) is 5.69 Å². The predicted molar refractivity (Wildman–Crippen MR) is 97.7 cm³/mol. The second-order valence-corrected chi connectivity index (χ2v) is 7.32. The Labute approximate surface area is 149 Å². The third kappa shape index (κ3) is 4.04. The van der Waals surface area contributed by atoms with Crippen molar-refractivity contribution in [2.75, 3.05) is 5.75 Å². The minimum atomic E-state index is -0.00940. The molecule has 0 unspecified atom stereocenters. The number of carbonyl (C=O) groups excluding carboxylic acids is 1. The first-order chi connectivity index (χ1) is 11.6. The zero-order valence-electron chi connectivity index (χ0n) is 13.5. The van der Waals surface area contributed by atoms with Crippen LogP contribution < -0.4 is 5.32 Å². The van der Waals surface area contributed by atoms with E-state index in [0.29, 0.717) is 12.3 Å². The molecule has 0 saturated heterocycles. The highest BCUT2D eigenvalue weighted by molar-refractivity contribution is 7.99. The Balaban J connectivity index is 1.64. The van der Waals surface area contributed by atoms with E-state index < -0.39 is 0 Å². The summed E-state index contributed by atoms with van der Waals surface area (Å²) in [5.41, 5.74) is 2.18. The van der Waals surface area contributed by atoms with Crippen molar-refractivity contribution in [3.05, 3.63) is 58.0 Å². The van der Waals surface area contributed by atoms with Gasteiger partial charge in [-0.05, 0) is 43.0 Å². The topological polar surface area (TPSA) is 59.8 Å². The number of amides is 1. The lowest BCUT2D eigenvalue weighted by Crippen LogP contribution is -2.24. The number of aromatic nitrogens is 3. The van der Waals surface area contributed by atoms with Gasteiger partial charge >= 0.3 is 0 Å². The van der Waals surface area contributed by atoms with Gasteiger partial charge in [0.1, 0.15) is 5.82 Å². The van der Waals surface area contributed by atoms with E-state index in [1.165, 1.54) is 17.3 Å². The van der Waals surface area contributed by atoms with Crippen molar-refractivity contribution >= 4 is 29.0 Å². The van der Waals surface area contributed by atoms with E-state index in [4.69, 9.17) is 0 Å². The highest BCUT2D eigenvalue weighted by atomic mass is 32.2. The predicted octanol–water partition coefficient (Wildman–Crippen LogP) is 3.35. The number of carbonyl (C=O) groups is 1. The van der Waals surface area contributed by atoms with Crippen molar-refractivity contribution < 1.29 is 4.79 Å². The summed E-state index contributed by atoms with van der Waals surface area (Å²) >= 11 is 3.03. The number of thiophene rings is 1. The van der Waals surface area contributed by atoms with E-state index in [0.717, 1.165) is 21.5 Å². The average Bonchev–Trinajstić information content (AvgIpc) is 3.20. The summed E-state index contributed by atoms with van der Waals surface area (Å²) in [7, 11) is 0.